The van der Waals surface area contributed by atoms with Crippen LogP contribution in [0.3, 0.4) is 0 Å². The van der Waals surface area contributed by atoms with Crippen molar-refractivity contribution in [1.82, 2.24) is 34.9 Å². The summed E-state index contributed by atoms with van der Waals surface area (Å²) in [5, 5.41) is 14.4. The lowest BCUT2D eigenvalue weighted by molar-refractivity contribution is 0.797. The number of nitrogens with zero attached hydrogens (tertiary/aromatic N) is 6. The van der Waals surface area contributed by atoms with E-state index in [1.807, 2.05) is 13.1 Å². The highest BCUT2D eigenvalue weighted by atomic mass is 15.3. The van der Waals surface area contributed by atoms with Crippen LogP contribution in [0.25, 0.3) is 22.2 Å². The van der Waals surface area contributed by atoms with Crippen LogP contribution >= 0.6 is 0 Å². The highest BCUT2D eigenvalue weighted by Gasteiger charge is 2.09. The van der Waals surface area contributed by atoms with Crippen molar-refractivity contribution in [1.29, 1.82) is 0 Å². The van der Waals surface area contributed by atoms with E-state index in [-0.39, 0.29) is 0 Å². The third-order valence-corrected chi connectivity index (χ3v) is 3.06. The van der Waals surface area contributed by atoms with Gasteiger partial charge in [0.25, 0.3) is 0 Å². The van der Waals surface area contributed by atoms with Gasteiger partial charge in [-0.2, -0.15) is 10.2 Å². The average molecular weight is 266 g/mol. The Morgan fingerprint density at radius 3 is 3.00 bits per heavy atom. The molecule has 0 amide bonds. The summed E-state index contributed by atoms with van der Waals surface area (Å²) in [6.45, 7) is 0. The minimum atomic E-state index is 0.622. The van der Waals surface area contributed by atoms with Crippen LogP contribution in [0.15, 0.2) is 30.9 Å². The maximum atomic E-state index is 4.34. The largest absolute Gasteiger partial charge is 0.336 e. The maximum Gasteiger partial charge on any atom is 0.180 e. The summed E-state index contributed by atoms with van der Waals surface area (Å²) in [5.74, 6) is 0.622. The summed E-state index contributed by atoms with van der Waals surface area (Å²) < 4.78 is 1.77. The lowest BCUT2D eigenvalue weighted by atomic mass is 10.3. The molecular weight excluding hydrogens is 256 g/mol. The number of rotatable bonds is 2. The molecule has 98 valence electrons. The van der Waals surface area contributed by atoms with E-state index < -0.39 is 0 Å². The molecule has 0 aliphatic rings. The number of fused-ring (bicyclic) bond motifs is 2. The van der Waals surface area contributed by atoms with Crippen LogP contribution in [0.1, 0.15) is 0 Å². The van der Waals surface area contributed by atoms with E-state index in [0.29, 0.717) is 17.0 Å². The van der Waals surface area contributed by atoms with E-state index in [1.165, 1.54) is 0 Å². The van der Waals surface area contributed by atoms with Gasteiger partial charge >= 0.3 is 0 Å². The number of aromatic amines is 1. The maximum absolute atomic E-state index is 4.34. The average Bonchev–Trinajstić information content (AvgIpc) is 3.05. The lowest BCUT2D eigenvalue weighted by Gasteiger charge is -2.03. The van der Waals surface area contributed by atoms with E-state index >= 15 is 0 Å². The highest BCUT2D eigenvalue weighted by molar-refractivity contribution is 5.86. The summed E-state index contributed by atoms with van der Waals surface area (Å²) in [4.78, 5) is 12.7. The van der Waals surface area contributed by atoms with Gasteiger partial charge in [0.05, 0.1) is 23.6 Å². The van der Waals surface area contributed by atoms with Crippen molar-refractivity contribution >= 4 is 33.7 Å². The van der Waals surface area contributed by atoms with Crippen molar-refractivity contribution in [3.8, 4) is 0 Å². The standard InChI is InChI=1S/C12H10N8/c1-20-9-4-7(5-15-8(9)6-16-20)17-12-10-11(18-19-12)14-3-2-13-10/h2-6H,1H3,(H2,14,17,18,19). The number of hydrogen-bond donors (Lipinski definition) is 2. The number of nitrogens with one attached hydrogen (secondary N) is 2. The Morgan fingerprint density at radius 1 is 1.15 bits per heavy atom. The van der Waals surface area contributed by atoms with Gasteiger partial charge in [0.2, 0.25) is 0 Å². The van der Waals surface area contributed by atoms with Crippen LogP contribution in [0.5, 0.6) is 0 Å². The zero-order valence-corrected chi connectivity index (χ0v) is 10.6. The lowest BCUT2D eigenvalue weighted by Crippen LogP contribution is -1.95. The summed E-state index contributed by atoms with van der Waals surface area (Å²) in [6, 6.07) is 1.96. The van der Waals surface area contributed by atoms with Gasteiger partial charge in [0, 0.05) is 19.4 Å². The van der Waals surface area contributed by atoms with Crippen LogP contribution in [0.4, 0.5) is 11.5 Å². The molecule has 4 aromatic rings. The minimum Gasteiger partial charge on any atom is -0.336 e. The summed E-state index contributed by atoms with van der Waals surface area (Å²) in [6.07, 6.45) is 6.72. The molecule has 0 aliphatic carbocycles. The fraction of sp³-hybridized carbons (Fsp3) is 0.0833. The number of H-pyrrole nitrogens is 1. The van der Waals surface area contributed by atoms with E-state index in [1.54, 1.807) is 29.5 Å². The van der Waals surface area contributed by atoms with Gasteiger partial charge in [-0.3, -0.25) is 14.8 Å². The Balaban J connectivity index is 1.78. The van der Waals surface area contributed by atoms with Crippen LogP contribution in [0.2, 0.25) is 0 Å². The number of anilines is 2. The van der Waals surface area contributed by atoms with E-state index in [9.17, 15) is 0 Å². The molecule has 2 N–H and O–H groups in total. The summed E-state index contributed by atoms with van der Waals surface area (Å²) in [7, 11) is 1.88. The van der Waals surface area contributed by atoms with Gasteiger partial charge < -0.3 is 5.32 Å². The zero-order chi connectivity index (χ0) is 13.5. The molecule has 0 spiro atoms. The Hall–Kier alpha value is -3.03. The van der Waals surface area contributed by atoms with Gasteiger partial charge in [-0.1, -0.05) is 0 Å². The first-order valence-electron chi connectivity index (χ1n) is 6.01. The van der Waals surface area contributed by atoms with Crippen LogP contribution in [-0.2, 0) is 7.05 Å². The third-order valence-electron chi connectivity index (χ3n) is 3.06. The molecule has 4 heterocycles. The van der Waals surface area contributed by atoms with Crippen LogP contribution < -0.4 is 5.32 Å². The molecular formula is C12H10N8. The molecule has 0 aliphatic heterocycles. The molecule has 0 saturated heterocycles. The fourth-order valence-corrected chi connectivity index (χ4v) is 2.07. The molecule has 4 aromatic heterocycles. The molecule has 0 radical (unpaired) electrons. The number of pyridine rings is 1. The van der Waals surface area contributed by atoms with Gasteiger partial charge in [0.1, 0.15) is 5.52 Å². The molecule has 0 saturated carbocycles. The van der Waals surface area contributed by atoms with Crippen molar-refractivity contribution in [2.75, 3.05) is 5.32 Å². The second kappa shape index (κ2) is 3.98. The zero-order valence-electron chi connectivity index (χ0n) is 10.6. The molecule has 0 atom stereocenters. The molecule has 0 unspecified atom stereocenters. The number of hydrogen-bond acceptors (Lipinski definition) is 6. The number of aryl methyl sites for hydroxylation is 1. The third kappa shape index (κ3) is 1.58. The Bertz CT molecular complexity index is 906. The van der Waals surface area contributed by atoms with Crippen molar-refractivity contribution in [3.63, 3.8) is 0 Å². The summed E-state index contributed by atoms with van der Waals surface area (Å²) in [5.41, 5.74) is 3.95. The Kier molecular flexibility index (Phi) is 2.16. The first-order chi connectivity index (χ1) is 9.81. The second-order valence-electron chi connectivity index (χ2n) is 4.35. The number of aromatic nitrogens is 7. The smallest absolute Gasteiger partial charge is 0.180 e. The Labute approximate surface area is 112 Å². The van der Waals surface area contributed by atoms with Gasteiger partial charge in [-0.05, 0) is 6.07 Å². The molecule has 8 nitrogen and oxygen atoms in total. The molecule has 0 aromatic carbocycles. The van der Waals surface area contributed by atoms with Crippen LogP contribution in [0, 0.1) is 0 Å². The predicted octanol–water partition coefficient (Wildman–Crippen LogP) is 1.38. The molecule has 20 heavy (non-hydrogen) atoms. The quantitative estimate of drug-likeness (QED) is 0.569. The normalized spacial score (nSPS) is 11.2. The van der Waals surface area contributed by atoms with Crippen molar-refractivity contribution in [2.45, 2.75) is 0 Å². The minimum absolute atomic E-state index is 0.622. The van der Waals surface area contributed by atoms with Gasteiger partial charge in [-0.25, -0.2) is 9.97 Å². The Morgan fingerprint density at radius 2 is 2.05 bits per heavy atom. The van der Waals surface area contributed by atoms with Crippen LogP contribution in [-0.4, -0.2) is 34.9 Å². The van der Waals surface area contributed by atoms with Crippen molar-refractivity contribution < 1.29 is 0 Å². The molecule has 0 fully saturated rings. The van der Waals surface area contributed by atoms with Gasteiger partial charge in [0.15, 0.2) is 17.0 Å². The summed E-state index contributed by atoms with van der Waals surface area (Å²) >= 11 is 0. The monoisotopic (exact) mass is 266 g/mol. The van der Waals surface area contributed by atoms with E-state index in [0.717, 1.165) is 16.7 Å². The second-order valence-corrected chi connectivity index (χ2v) is 4.35. The van der Waals surface area contributed by atoms with Gasteiger partial charge in [-0.15, -0.1) is 0 Å². The first-order valence-corrected chi connectivity index (χ1v) is 6.01. The molecule has 0 bridgehead atoms. The highest BCUT2D eigenvalue weighted by Crippen LogP contribution is 2.22. The topological polar surface area (TPSA) is 97.2 Å². The van der Waals surface area contributed by atoms with E-state index in [4.69, 9.17) is 0 Å². The van der Waals surface area contributed by atoms with Crippen molar-refractivity contribution in [3.05, 3.63) is 30.9 Å². The first kappa shape index (κ1) is 10.9. The van der Waals surface area contributed by atoms with E-state index in [2.05, 4.69) is 35.6 Å². The van der Waals surface area contributed by atoms with Crippen molar-refractivity contribution in [2.24, 2.45) is 7.05 Å². The fourth-order valence-electron chi connectivity index (χ4n) is 2.07. The molecule has 8 heteroatoms. The molecule has 4 rings (SSSR count). The predicted molar refractivity (Wildman–Crippen MR) is 73.5 cm³/mol. The SMILES string of the molecule is Cn1ncc2ncc(Nc3n[nH]c4nccnc34)cc21.